The third-order valence-corrected chi connectivity index (χ3v) is 10.8. The first-order chi connectivity index (χ1) is 27.3. The fourth-order valence-corrected chi connectivity index (χ4v) is 8.25. The number of para-hydroxylation sites is 2. The van der Waals surface area contributed by atoms with Crippen LogP contribution in [0.1, 0.15) is 0 Å². The molecule has 0 N–H and O–H groups in total. The molecule has 3 heteroatoms. The number of furan rings is 2. The van der Waals surface area contributed by atoms with E-state index in [1.54, 1.807) is 0 Å². The van der Waals surface area contributed by atoms with Gasteiger partial charge in [0.25, 0.3) is 0 Å². The van der Waals surface area contributed by atoms with Crippen molar-refractivity contribution in [3.8, 4) is 33.4 Å². The predicted octanol–water partition coefficient (Wildman–Crippen LogP) is 15.1. The third-order valence-electron chi connectivity index (χ3n) is 10.8. The van der Waals surface area contributed by atoms with Crippen molar-refractivity contribution in [1.82, 2.24) is 0 Å². The van der Waals surface area contributed by atoms with Gasteiger partial charge in [-0.15, -0.1) is 0 Å². The number of nitrogens with zero attached hydrogens (tertiary/aromatic N) is 1. The van der Waals surface area contributed by atoms with Crippen LogP contribution < -0.4 is 4.90 Å². The summed E-state index contributed by atoms with van der Waals surface area (Å²) in [5.74, 6) is 0. The molecule has 0 amide bonds. The Balaban J connectivity index is 1.16. The van der Waals surface area contributed by atoms with Gasteiger partial charge in [-0.3, -0.25) is 0 Å². The van der Waals surface area contributed by atoms with Gasteiger partial charge in [0, 0.05) is 55.3 Å². The van der Waals surface area contributed by atoms with Crippen molar-refractivity contribution in [3.63, 3.8) is 0 Å². The topological polar surface area (TPSA) is 29.5 Å². The van der Waals surface area contributed by atoms with E-state index in [0.717, 1.165) is 88.4 Å². The Morgan fingerprint density at radius 1 is 0.291 bits per heavy atom. The molecule has 0 saturated heterocycles. The van der Waals surface area contributed by atoms with Crippen LogP contribution in [-0.4, -0.2) is 0 Å². The predicted molar refractivity (Wildman–Crippen MR) is 229 cm³/mol. The van der Waals surface area contributed by atoms with Crippen LogP contribution in [0.2, 0.25) is 0 Å². The quantitative estimate of drug-likeness (QED) is 0.173. The highest BCUT2D eigenvalue weighted by Crippen LogP contribution is 2.47. The molecule has 0 aliphatic rings. The maximum Gasteiger partial charge on any atom is 0.143 e. The van der Waals surface area contributed by atoms with Crippen LogP contribution in [0.15, 0.2) is 209 Å². The average molecular weight is 704 g/mol. The molecule has 2 heterocycles. The van der Waals surface area contributed by atoms with Crippen LogP contribution in [-0.2, 0) is 0 Å². The van der Waals surface area contributed by atoms with Crippen LogP contribution in [0, 0.1) is 0 Å². The maximum atomic E-state index is 6.98. The van der Waals surface area contributed by atoms with Gasteiger partial charge in [-0.25, -0.2) is 0 Å². The molecule has 0 spiro atoms. The second-order valence-electron chi connectivity index (χ2n) is 14.1. The molecule has 3 nitrogen and oxygen atoms in total. The van der Waals surface area contributed by atoms with Crippen molar-refractivity contribution in [2.24, 2.45) is 0 Å². The fraction of sp³-hybridized carbons (Fsp3) is 0. The summed E-state index contributed by atoms with van der Waals surface area (Å²) in [7, 11) is 0. The highest BCUT2D eigenvalue weighted by Gasteiger charge is 2.23. The molecule has 9 aromatic carbocycles. The standard InChI is InChI=1S/C52H33NO2/c1-3-14-34(15-4-1)36-18-11-20-38(30-36)41-25-13-26-46-47-33-48(42-22-7-8-24-45(42)52(47)55-51(41)46)53(39-21-12-19-37(31-39)35-16-5-2-6-17-35)40-28-29-44-43-23-9-10-27-49(43)54-50(44)32-40/h1-33H. The molecule has 0 saturated carbocycles. The van der Waals surface area contributed by atoms with E-state index < -0.39 is 0 Å². The minimum atomic E-state index is 0.851. The number of rotatable bonds is 6. The molecular weight excluding hydrogens is 671 g/mol. The molecule has 0 bridgehead atoms. The Morgan fingerprint density at radius 2 is 0.855 bits per heavy atom. The summed E-state index contributed by atoms with van der Waals surface area (Å²) in [6, 6.07) is 70.9. The summed E-state index contributed by atoms with van der Waals surface area (Å²) in [6.07, 6.45) is 0. The van der Waals surface area contributed by atoms with Crippen LogP contribution in [0.3, 0.4) is 0 Å². The molecule has 0 aliphatic heterocycles. The highest BCUT2D eigenvalue weighted by molar-refractivity contribution is 6.21. The Labute approximate surface area is 317 Å². The molecule has 2 aromatic heterocycles. The van der Waals surface area contributed by atoms with Crippen molar-refractivity contribution in [2.45, 2.75) is 0 Å². The van der Waals surface area contributed by atoms with Crippen molar-refractivity contribution in [2.75, 3.05) is 4.90 Å². The van der Waals surface area contributed by atoms with E-state index >= 15 is 0 Å². The average Bonchev–Trinajstić information content (AvgIpc) is 3.83. The molecule has 11 aromatic rings. The van der Waals surface area contributed by atoms with E-state index in [1.807, 2.05) is 12.1 Å². The second kappa shape index (κ2) is 12.6. The van der Waals surface area contributed by atoms with Crippen molar-refractivity contribution in [3.05, 3.63) is 200 Å². The van der Waals surface area contributed by atoms with Gasteiger partial charge >= 0.3 is 0 Å². The molecule has 55 heavy (non-hydrogen) atoms. The monoisotopic (exact) mass is 703 g/mol. The van der Waals surface area contributed by atoms with Crippen LogP contribution in [0.5, 0.6) is 0 Å². The van der Waals surface area contributed by atoms with Crippen molar-refractivity contribution < 1.29 is 8.83 Å². The van der Waals surface area contributed by atoms with Gasteiger partial charge in [-0.2, -0.15) is 0 Å². The van der Waals surface area contributed by atoms with E-state index in [4.69, 9.17) is 8.83 Å². The highest BCUT2D eigenvalue weighted by atomic mass is 16.3. The molecule has 11 rings (SSSR count). The molecule has 0 atom stereocenters. The van der Waals surface area contributed by atoms with Gasteiger partial charge in [0.15, 0.2) is 0 Å². The van der Waals surface area contributed by atoms with Crippen LogP contribution in [0.25, 0.3) is 88.0 Å². The van der Waals surface area contributed by atoms with Gasteiger partial charge in [0.1, 0.15) is 22.3 Å². The van der Waals surface area contributed by atoms with Crippen LogP contribution in [0.4, 0.5) is 17.1 Å². The summed E-state index contributed by atoms with van der Waals surface area (Å²) in [6.45, 7) is 0. The maximum absolute atomic E-state index is 6.98. The largest absolute Gasteiger partial charge is 0.456 e. The summed E-state index contributed by atoms with van der Waals surface area (Å²) in [4.78, 5) is 2.37. The number of hydrogen-bond donors (Lipinski definition) is 0. The van der Waals surface area contributed by atoms with Crippen molar-refractivity contribution in [1.29, 1.82) is 0 Å². The molecule has 0 unspecified atom stereocenters. The lowest BCUT2D eigenvalue weighted by Gasteiger charge is -2.27. The summed E-state index contributed by atoms with van der Waals surface area (Å²) >= 11 is 0. The normalized spacial score (nSPS) is 11.6. The van der Waals surface area contributed by atoms with E-state index in [1.165, 1.54) is 16.7 Å². The smallest absolute Gasteiger partial charge is 0.143 e. The third kappa shape index (κ3) is 5.20. The van der Waals surface area contributed by atoms with Gasteiger partial charge < -0.3 is 13.7 Å². The Hall–Kier alpha value is -7.36. The Kier molecular flexibility index (Phi) is 7.17. The number of fused-ring (bicyclic) bond motifs is 8. The second-order valence-corrected chi connectivity index (χ2v) is 14.1. The lowest BCUT2D eigenvalue weighted by Crippen LogP contribution is -2.10. The van der Waals surface area contributed by atoms with Gasteiger partial charge in [0.2, 0.25) is 0 Å². The van der Waals surface area contributed by atoms with E-state index in [-0.39, 0.29) is 0 Å². The van der Waals surface area contributed by atoms with Gasteiger partial charge in [-0.05, 0) is 70.3 Å². The van der Waals surface area contributed by atoms with Gasteiger partial charge in [-0.1, -0.05) is 152 Å². The summed E-state index contributed by atoms with van der Waals surface area (Å²) < 4.78 is 13.4. The Morgan fingerprint density at radius 3 is 1.65 bits per heavy atom. The Bertz CT molecular complexity index is 3210. The van der Waals surface area contributed by atoms with Gasteiger partial charge in [0.05, 0.1) is 5.69 Å². The molecule has 0 fully saturated rings. The summed E-state index contributed by atoms with van der Waals surface area (Å²) in [5.41, 5.74) is 13.5. The zero-order chi connectivity index (χ0) is 36.3. The SMILES string of the molecule is c1ccc(-c2cccc(-c3cccc4c3oc3c5ccccc5c(N(c5cccc(-c6ccccc6)c5)c5ccc6c(c5)oc5ccccc56)cc43)c2)cc1. The van der Waals surface area contributed by atoms with Crippen LogP contribution >= 0.6 is 0 Å². The minimum Gasteiger partial charge on any atom is -0.456 e. The minimum absolute atomic E-state index is 0.851. The zero-order valence-electron chi connectivity index (χ0n) is 29.8. The molecular formula is C52H33NO2. The molecule has 258 valence electrons. The first-order valence-electron chi connectivity index (χ1n) is 18.7. The van der Waals surface area contributed by atoms with Crippen molar-refractivity contribution >= 4 is 71.7 Å². The number of hydrogen-bond acceptors (Lipinski definition) is 3. The lowest BCUT2D eigenvalue weighted by atomic mass is 9.97. The first kappa shape index (κ1) is 31.2. The van der Waals surface area contributed by atoms with E-state index in [2.05, 4.69) is 193 Å². The lowest BCUT2D eigenvalue weighted by molar-refractivity contribution is 0.669. The van der Waals surface area contributed by atoms with E-state index in [9.17, 15) is 0 Å². The first-order valence-corrected chi connectivity index (χ1v) is 18.7. The zero-order valence-corrected chi connectivity index (χ0v) is 29.8. The van der Waals surface area contributed by atoms with E-state index in [0.29, 0.717) is 0 Å². The number of anilines is 3. The molecule has 0 aliphatic carbocycles. The number of benzene rings is 9. The molecule has 0 radical (unpaired) electrons. The fourth-order valence-electron chi connectivity index (χ4n) is 8.25. The summed E-state index contributed by atoms with van der Waals surface area (Å²) in [5, 5.41) is 6.51.